The summed E-state index contributed by atoms with van der Waals surface area (Å²) in [6, 6.07) is 12.2. The zero-order chi connectivity index (χ0) is 23.0. The van der Waals surface area contributed by atoms with E-state index in [1.807, 2.05) is 47.8 Å². The molecule has 1 amide bonds. The molecule has 1 saturated carbocycles. The van der Waals surface area contributed by atoms with Crippen molar-refractivity contribution >= 4 is 5.91 Å². The van der Waals surface area contributed by atoms with E-state index in [4.69, 9.17) is 9.97 Å². The van der Waals surface area contributed by atoms with Crippen LogP contribution in [-0.4, -0.2) is 38.8 Å². The van der Waals surface area contributed by atoms with Gasteiger partial charge in [0.05, 0.1) is 5.69 Å². The minimum atomic E-state index is 0.0768. The maximum Gasteiger partial charge on any atom is 0.253 e. The average Bonchev–Trinajstić information content (AvgIpc) is 3.69. The number of nitrogens with zero attached hydrogens (tertiary/aromatic N) is 4. The highest BCUT2D eigenvalue weighted by atomic mass is 16.2. The number of benzene rings is 1. The number of hydrogen-bond donors (Lipinski definition) is 0. The number of amides is 1. The van der Waals surface area contributed by atoms with E-state index in [1.165, 1.54) is 18.4 Å². The largest absolute Gasteiger partial charge is 0.338 e. The lowest BCUT2D eigenvalue weighted by atomic mass is 9.86. The normalized spacial score (nSPS) is 18.9. The van der Waals surface area contributed by atoms with Crippen LogP contribution in [-0.2, 0) is 5.41 Å². The highest BCUT2D eigenvalue weighted by molar-refractivity contribution is 5.94. The van der Waals surface area contributed by atoms with Gasteiger partial charge in [0.15, 0.2) is 0 Å². The third kappa shape index (κ3) is 4.68. The molecule has 3 aromatic rings. The first kappa shape index (κ1) is 21.7. The van der Waals surface area contributed by atoms with Crippen molar-refractivity contribution < 1.29 is 4.79 Å². The molecule has 1 saturated heterocycles. The number of pyridine rings is 1. The highest BCUT2D eigenvalue weighted by Gasteiger charge is 2.32. The summed E-state index contributed by atoms with van der Waals surface area (Å²) in [5.74, 6) is 1.78. The van der Waals surface area contributed by atoms with Crippen molar-refractivity contribution in [3.63, 3.8) is 0 Å². The van der Waals surface area contributed by atoms with Crippen molar-refractivity contribution in [1.29, 1.82) is 0 Å². The van der Waals surface area contributed by atoms with Gasteiger partial charge in [-0.2, -0.15) is 0 Å². The molecule has 3 heterocycles. The van der Waals surface area contributed by atoms with Crippen LogP contribution >= 0.6 is 0 Å². The van der Waals surface area contributed by atoms with E-state index in [0.717, 1.165) is 47.6 Å². The van der Waals surface area contributed by atoms with Gasteiger partial charge >= 0.3 is 0 Å². The molecule has 1 aliphatic carbocycles. The Labute approximate surface area is 196 Å². The molecule has 1 unspecified atom stereocenters. The molecule has 0 bridgehead atoms. The minimum Gasteiger partial charge on any atom is -0.338 e. The van der Waals surface area contributed by atoms with Gasteiger partial charge in [0.1, 0.15) is 5.82 Å². The van der Waals surface area contributed by atoms with Crippen molar-refractivity contribution in [3.8, 4) is 11.1 Å². The molecule has 1 aromatic carbocycles. The molecule has 33 heavy (non-hydrogen) atoms. The number of piperidine rings is 1. The fraction of sp³-hybridized carbons (Fsp3) is 0.429. The molecular weight excluding hydrogens is 408 g/mol. The summed E-state index contributed by atoms with van der Waals surface area (Å²) >= 11 is 0. The van der Waals surface area contributed by atoms with Crippen molar-refractivity contribution in [2.75, 3.05) is 13.1 Å². The summed E-state index contributed by atoms with van der Waals surface area (Å²) in [6.45, 7) is 8.06. The fourth-order valence-corrected chi connectivity index (χ4v) is 4.69. The third-order valence-electron chi connectivity index (χ3n) is 6.86. The zero-order valence-electron chi connectivity index (χ0n) is 19.8. The van der Waals surface area contributed by atoms with Crippen LogP contribution in [0.2, 0.25) is 0 Å². The quantitative estimate of drug-likeness (QED) is 0.520. The van der Waals surface area contributed by atoms with Gasteiger partial charge in [-0.25, -0.2) is 9.97 Å². The predicted molar refractivity (Wildman–Crippen MR) is 130 cm³/mol. The van der Waals surface area contributed by atoms with E-state index in [-0.39, 0.29) is 17.2 Å². The maximum atomic E-state index is 13.4. The topological polar surface area (TPSA) is 59.0 Å². The predicted octanol–water partition coefficient (Wildman–Crippen LogP) is 5.73. The number of hydrogen-bond acceptors (Lipinski definition) is 4. The second-order valence-electron chi connectivity index (χ2n) is 10.5. The van der Waals surface area contributed by atoms with E-state index in [0.29, 0.717) is 12.5 Å². The Balaban J connectivity index is 1.41. The SMILES string of the molecule is CC(C)(C)c1ccc(C(=O)N2CCCC(c3nc(C4CC4)ncc3-c3ccncc3)C2)cc1. The summed E-state index contributed by atoms with van der Waals surface area (Å²) in [4.78, 5) is 29.3. The third-order valence-corrected chi connectivity index (χ3v) is 6.86. The first-order valence-corrected chi connectivity index (χ1v) is 12.1. The van der Waals surface area contributed by atoms with Crippen molar-refractivity contribution in [1.82, 2.24) is 19.9 Å². The number of carbonyl (C=O) groups is 1. The monoisotopic (exact) mass is 440 g/mol. The molecule has 170 valence electrons. The van der Waals surface area contributed by atoms with Crippen LogP contribution in [0, 0.1) is 0 Å². The van der Waals surface area contributed by atoms with Crippen LogP contribution in [0.15, 0.2) is 55.0 Å². The Morgan fingerprint density at radius 2 is 1.70 bits per heavy atom. The van der Waals surface area contributed by atoms with Crippen molar-refractivity contribution in [2.45, 2.75) is 63.7 Å². The van der Waals surface area contributed by atoms with E-state index in [9.17, 15) is 4.79 Å². The van der Waals surface area contributed by atoms with Gasteiger partial charge in [-0.1, -0.05) is 32.9 Å². The molecule has 0 spiro atoms. The smallest absolute Gasteiger partial charge is 0.253 e. The lowest BCUT2D eigenvalue weighted by Crippen LogP contribution is -2.39. The maximum absolute atomic E-state index is 13.4. The Kier molecular flexibility index (Phi) is 5.73. The summed E-state index contributed by atoms with van der Waals surface area (Å²) in [6.07, 6.45) is 9.97. The molecule has 2 aromatic heterocycles. The Hall–Kier alpha value is -3.08. The number of rotatable bonds is 4. The molecular formula is C28H32N4O. The Morgan fingerprint density at radius 3 is 2.36 bits per heavy atom. The molecule has 2 aliphatic rings. The molecule has 1 aliphatic heterocycles. The van der Waals surface area contributed by atoms with Crippen LogP contribution in [0.5, 0.6) is 0 Å². The molecule has 0 N–H and O–H groups in total. The minimum absolute atomic E-state index is 0.0768. The van der Waals surface area contributed by atoms with Gasteiger partial charge in [-0.05, 0) is 66.5 Å². The second-order valence-corrected chi connectivity index (χ2v) is 10.5. The van der Waals surface area contributed by atoms with E-state index in [2.05, 4.69) is 37.9 Å². The standard InChI is InChI=1S/C28H32N4O/c1-28(2,3)23-10-8-21(9-11-23)27(33)32-16-4-5-22(18-32)25-24(19-12-14-29-15-13-19)17-30-26(31-25)20-6-7-20/h8-15,17,20,22H,4-7,16,18H2,1-3H3. The number of carbonyl (C=O) groups excluding carboxylic acids is 1. The molecule has 0 radical (unpaired) electrons. The molecule has 5 nitrogen and oxygen atoms in total. The summed E-state index contributed by atoms with van der Waals surface area (Å²) < 4.78 is 0. The average molecular weight is 441 g/mol. The molecule has 5 heteroatoms. The van der Waals surface area contributed by atoms with Gasteiger partial charge < -0.3 is 4.90 Å². The van der Waals surface area contributed by atoms with E-state index in [1.54, 1.807) is 0 Å². The van der Waals surface area contributed by atoms with E-state index >= 15 is 0 Å². The van der Waals surface area contributed by atoms with Crippen LogP contribution < -0.4 is 0 Å². The molecule has 1 atom stereocenters. The lowest BCUT2D eigenvalue weighted by Gasteiger charge is -2.33. The van der Waals surface area contributed by atoms with Gasteiger partial charge in [-0.15, -0.1) is 0 Å². The first-order valence-electron chi connectivity index (χ1n) is 12.1. The summed E-state index contributed by atoms with van der Waals surface area (Å²) in [5, 5.41) is 0. The molecule has 2 fully saturated rings. The number of aromatic nitrogens is 3. The van der Waals surface area contributed by atoms with Crippen LogP contribution in [0.4, 0.5) is 0 Å². The summed E-state index contributed by atoms with van der Waals surface area (Å²) in [5.41, 5.74) is 5.32. The molecule has 5 rings (SSSR count). The van der Waals surface area contributed by atoms with Crippen molar-refractivity contribution in [3.05, 3.63) is 77.6 Å². The van der Waals surface area contributed by atoms with Crippen LogP contribution in [0.3, 0.4) is 0 Å². The van der Waals surface area contributed by atoms with E-state index < -0.39 is 0 Å². The zero-order valence-corrected chi connectivity index (χ0v) is 19.8. The first-order chi connectivity index (χ1) is 15.9. The van der Waals surface area contributed by atoms with Gasteiger partial charge in [0, 0.05) is 54.6 Å². The Bertz CT molecular complexity index is 1130. The number of likely N-dealkylation sites (tertiary alicyclic amines) is 1. The van der Waals surface area contributed by atoms with Gasteiger partial charge in [0.2, 0.25) is 0 Å². The lowest BCUT2D eigenvalue weighted by molar-refractivity contribution is 0.0706. The van der Waals surface area contributed by atoms with Gasteiger partial charge in [-0.3, -0.25) is 9.78 Å². The fourth-order valence-electron chi connectivity index (χ4n) is 4.69. The van der Waals surface area contributed by atoms with Crippen LogP contribution in [0.1, 0.15) is 85.7 Å². The van der Waals surface area contributed by atoms with Crippen molar-refractivity contribution in [2.24, 2.45) is 0 Å². The summed E-state index contributed by atoms with van der Waals surface area (Å²) in [7, 11) is 0. The second kappa shape index (κ2) is 8.69. The Morgan fingerprint density at radius 1 is 0.970 bits per heavy atom. The van der Waals surface area contributed by atoms with Crippen LogP contribution in [0.25, 0.3) is 11.1 Å². The highest BCUT2D eigenvalue weighted by Crippen LogP contribution is 2.40. The van der Waals surface area contributed by atoms with Gasteiger partial charge in [0.25, 0.3) is 5.91 Å².